The molecule has 0 aromatic rings. The van der Waals surface area contributed by atoms with E-state index in [0.29, 0.717) is 11.3 Å². The van der Waals surface area contributed by atoms with Crippen LogP contribution in [-0.4, -0.2) is 34.3 Å². The molecule has 2 atom stereocenters. The summed E-state index contributed by atoms with van der Waals surface area (Å²) in [6, 6.07) is 2.91. The van der Waals surface area contributed by atoms with Crippen molar-refractivity contribution in [3.63, 3.8) is 0 Å². The molecule has 15 heavy (non-hydrogen) atoms. The predicted octanol–water partition coefficient (Wildman–Crippen LogP) is 1.52. The van der Waals surface area contributed by atoms with Gasteiger partial charge in [0.25, 0.3) is 0 Å². The molecule has 2 unspecified atom stereocenters. The van der Waals surface area contributed by atoms with Crippen molar-refractivity contribution in [1.29, 1.82) is 5.26 Å². The minimum atomic E-state index is -0.407. The molecule has 0 spiro atoms. The first-order valence-corrected chi connectivity index (χ1v) is 6.56. The minimum absolute atomic E-state index is 0.230. The first-order chi connectivity index (χ1) is 7.09. The average Bonchev–Trinajstić information content (AvgIpc) is 2.99. The lowest BCUT2D eigenvalue weighted by Crippen LogP contribution is -2.45. The van der Waals surface area contributed by atoms with Crippen LogP contribution in [0.2, 0.25) is 0 Å². The largest absolute Gasteiger partial charge is 0.396 e. The molecule has 0 bridgehead atoms. The first-order valence-electron chi connectivity index (χ1n) is 5.51. The van der Waals surface area contributed by atoms with Crippen LogP contribution < -0.4 is 5.32 Å². The van der Waals surface area contributed by atoms with Crippen LogP contribution in [-0.2, 0) is 0 Å². The van der Waals surface area contributed by atoms with Gasteiger partial charge < -0.3 is 5.11 Å². The molecule has 0 amide bonds. The molecule has 1 saturated carbocycles. The summed E-state index contributed by atoms with van der Waals surface area (Å²) in [6.07, 6.45) is 3.21. The monoisotopic (exact) mass is 228 g/mol. The van der Waals surface area contributed by atoms with Gasteiger partial charge in [-0.3, -0.25) is 5.32 Å². The van der Waals surface area contributed by atoms with Crippen LogP contribution in [0.3, 0.4) is 0 Å². The molecule has 86 valence electrons. The Bertz CT molecular complexity index is 237. The number of aliphatic hydroxyl groups excluding tert-OH is 1. The second-order valence-electron chi connectivity index (χ2n) is 4.50. The van der Waals surface area contributed by atoms with E-state index in [2.05, 4.69) is 18.3 Å². The summed E-state index contributed by atoms with van der Waals surface area (Å²) in [5.74, 6) is 0.793. The van der Waals surface area contributed by atoms with Crippen LogP contribution >= 0.6 is 11.8 Å². The molecule has 0 radical (unpaired) electrons. The SMILES string of the molecule is CC(CCO)SCC(C)(C#N)NC1CC1. The summed E-state index contributed by atoms with van der Waals surface area (Å²) in [4.78, 5) is 0. The molecule has 1 aliphatic carbocycles. The molecular weight excluding hydrogens is 208 g/mol. The quantitative estimate of drug-likeness (QED) is 0.694. The molecule has 1 fully saturated rings. The molecule has 4 heteroatoms. The lowest BCUT2D eigenvalue weighted by molar-refractivity contribution is 0.289. The number of hydrogen-bond acceptors (Lipinski definition) is 4. The average molecular weight is 228 g/mol. The van der Waals surface area contributed by atoms with Gasteiger partial charge in [0.05, 0.1) is 6.07 Å². The van der Waals surface area contributed by atoms with E-state index in [4.69, 9.17) is 10.4 Å². The summed E-state index contributed by atoms with van der Waals surface area (Å²) < 4.78 is 0. The summed E-state index contributed by atoms with van der Waals surface area (Å²) in [7, 11) is 0. The molecule has 0 aromatic carbocycles. The Morgan fingerprint density at radius 1 is 1.67 bits per heavy atom. The maximum atomic E-state index is 9.13. The van der Waals surface area contributed by atoms with E-state index in [-0.39, 0.29) is 6.61 Å². The highest BCUT2D eigenvalue weighted by atomic mass is 32.2. The zero-order chi connectivity index (χ0) is 11.3. The van der Waals surface area contributed by atoms with Crippen LogP contribution in [0.25, 0.3) is 0 Å². The van der Waals surface area contributed by atoms with E-state index in [9.17, 15) is 0 Å². The summed E-state index contributed by atoms with van der Waals surface area (Å²) in [6.45, 7) is 4.28. The third-order valence-electron chi connectivity index (χ3n) is 2.54. The van der Waals surface area contributed by atoms with Gasteiger partial charge in [-0.15, -0.1) is 0 Å². The Hall–Kier alpha value is -0.240. The van der Waals surface area contributed by atoms with Gasteiger partial charge in [0, 0.05) is 23.7 Å². The second kappa shape index (κ2) is 5.74. The van der Waals surface area contributed by atoms with Crippen molar-refractivity contribution in [3.05, 3.63) is 0 Å². The third kappa shape index (κ3) is 4.87. The minimum Gasteiger partial charge on any atom is -0.396 e. The maximum Gasteiger partial charge on any atom is 0.113 e. The van der Waals surface area contributed by atoms with Crippen molar-refractivity contribution in [2.75, 3.05) is 12.4 Å². The first kappa shape index (κ1) is 12.8. The Kier molecular flexibility index (Phi) is 4.91. The van der Waals surface area contributed by atoms with E-state index in [1.807, 2.05) is 6.92 Å². The van der Waals surface area contributed by atoms with Crippen LogP contribution in [0.4, 0.5) is 0 Å². The molecule has 1 aliphatic rings. The van der Waals surface area contributed by atoms with Gasteiger partial charge >= 0.3 is 0 Å². The number of aliphatic hydroxyl groups is 1. The van der Waals surface area contributed by atoms with Gasteiger partial charge in [-0.25, -0.2) is 0 Å². The van der Waals surface area contributed by atoms with Crippen molar-refractivity contribution in [2.45, 2.75) is 49.9 Å². The van der Waals surface area contributed by atoms with Gasteiger partial charge in [0.1, 0.15) is 5.54 Å². The number of nitrogens with one attached hydrogen (secondary N) is 1. The highest BCUT2D eigenvalue weighted by molar-refractivity contribution is 7.99. The van der Waals surface area contributed by atoms with Crippen molar-refractivity contribution in [3.8, 4) is 6.07 Å². The summed E-state index contributed by atoms with van der Waals surface area (Å²) >= 11 is 1.76. The number of nitrogens with zero attached hydrogens (tertiary/aromatic N) is 1. The van der Waals surface area contributed by atoms with Crippen LogP contribution in [0.15, 0.2) is 0 Å². The fraction of sp³-hybridized carbons (Fsp3) is 0.909. The van der Waals surface area contributed by atoms with Gasteiger partial charge in [0.15, 0.2) is 0 Å². The Labute approximate surface area is 96.2 Å². The smallest absolute Gasteiger partial charge is 0.113 e. The zero-order valence-electron chi connectivity index (χ0n) is 9.49. The zero-order valence-corrected chi connectivity index (χ0v) is 10.3. The number of nitriles is 1. The van der Waals surface area contributed by atoms with Crippen molar-refractivity contribution < 1.29 is 5.11 Å². The summed E-state index contributed by atoms with van der Waals surface area (Å²) in [5, 5.41) is 21.7. The van der Waals surface area contributed by atoms with Gasteiger partial charge in [0.2, 0.25) is 0 Å². The van der Waals surface area contributed by atoms with Crippen molar-refractivity contribution >= 4 is 11.8 Å². The lowest BCUT2D eigenvalue weighted by Gasteiger charge is -2.24. The Morgan fingerprint density at radius 3 is 2.80 bits per heavy atom. The Morgan fingerprint density at radius 2 is 2.33 bits per heavy atom. The van der Waals surface area contributed by atoms with Gasteiger partial charge in [-0.1, -0.05) is 6.92 Å². The van der Waals surface area contributed by atoms with Gasteiger partial charge in [-0.05, 0) is 26.2 Å². The molecule has 3 nitrogen and oxygen atoms in total. The molecular formula is C11H20N2OS. The second-order valence-corrected chi connectivity index (χ2v) is 5.92. The molecule has 0 aliphatic heterocycles. The molecule has 2 N–H and O–H groups in total. The van der Waals surface area contributed by atoms with Crippen LogP contribution in [0.1, 0.15) is 33.1 Å². The fourth-order valence-electron chi connectivity index (χ4n) is 1.36. The van der Waals surface area contributed by atoms with E-state index < -0.39 is 5.54 Å². The number of rotatable bonds is 7. The summed E-state index contributed by atoms with van der Waals surface area (Å²) in [5.41, 5.74) is -0.407. The van der Waals surface area contributed by atoms with E-state index >= 15 is 0 Å². The number of thioether (sulfide) groups is 1. The maximum absolute atomic E-state index is 9.13. The molecule has 0 heterocycles. The van der Waals surface area contributed by atoms with E-state index in [1.165, 1.54) is 12.8 Å². The number of hydrogen-bond donors (Lipinski definition) is 2. The van der Waals surface area contributed by atoms with Crippen molar-refractivity contribution in [1.82, 2.24) is 5.32 Å². The fourth-order valence-corrected chi connectivity index (χ4v) is 2.40. The van der Waals surface area contributed by atoms with Crippen LogP contribution in [0.5, 0.6) is 0 Å². The van der Waals surface area contributed by atoms with E-state index in [1.54, 1.807) is 11.8 Å². The highest BCUT2D eigenvalue weighted by Gasteiger charge is 2.32. The normalized spacial score (nSPS) is 21.7. The lowest BCUT2D eigenvalue weighted by atomic mass is 10.1. The third-order valence-corrected chi connectivity index (χ3v) is 4.09. The molecule has 1 rings (SSSR count). The Balaban J connectivity index is 2.28. The predicted molar refractivity (Wildman–Crippen MR) is 63.8 cm³/mol. The molecule has 0 aromatic heterocycles. The van der Waals surface area contributed by atoms with Crippen molar-refractivity contribution in [2.24, 2.45) is 0 Å². The van der Waals surface area contributed by atoms with Gasteiger partial charge in [-0.2, -0.15) is 17.0 Å². The van der Waals surface area contributed by atoms with Crippen LogP contribution in [0, 0.1) is 11.3 Å². The van der Waals surface area contributed by atoms with E-state index in [0.717, 1.165) is 12.2 Å². The molecule has 0 saturated heterocycles. The highest BCUT2D eigenvalue weighted by Crippen LogP contribution is 2.25. The topological polar surface area (TPSA) is 56.0 Å². The standard InChI is InChI=1S/C11H20N2OS/c1-9(5-6-14)15-8-11(2,7-12)13-10-3-4-10/h9-10,13-14H,3-6,8H2,1-2H3.